The van der Waals surface area contributed by atoms with Gasteiger partial charge >= 0.3 is 0 Å². The molecule has 136 valence electrons. The summed E-state index contributed by atoms with van der Waals surface area (Å²) >= 11 is 0. The van der Waals surface area contributed by atoms with E-state index in [1.807, 2.05) is 36.4 Å². The molecule has 0 fully saturated rings. The molecular formula is C21H24N2O3. The SMILES string of the molecule is C=CC(=O)Nc1cccc(CC(=O)N(C)CC(C)(O)c2ccccc2)c1. The summed E-state index contributed by atoms with van der Waals surface area (Å²) < 4.78 is 0. The van der Waals surface area contributed by atoms with Gasteiger partial charge in [0.25, 0.3) is 0 Å². The Morgan fingerprint density at radius 3 is 2.54 bits per heavy atom. The first-order chi connectivity index (χ1) is 12.3. The molecular weight excluding hydrogens is 328 g/mol. The Labute approximate surface area is 154 Å². The monoisotopic (exact) mass is 352 g/mol. The fraction of sp³-hybridized carbons (Fsp3) is 0.238. The molecule has 0 aliphatic heterocycles. The Balaban J connectivity index is 2.02. The average Bonchev–Trinajstić information content (AvgIpc) is 2.62. The molecule has 1 atom stereocenters. The summed E-state index contributed by atoms with van der Waals surface area (Å²) in [4.78, 5) is 25.4. The van der Waals surface area contributed by atoms with E-state index >= 15 is 0 Å². The number of hydrogen-bond donors (Lipinski definition) is 2. The van der Waals surface area contributed by atoms with Crippen molar-refractivity contribution >= 4 is 17.5 Å². The molecule has 0 saturated carbocycles. The second-order valence-corrected chi connectivity index (χ2v) is 6.46. The van der Waals surface area contributed by atoms with Crippen molar-refractivity contribution in [1.82, 2.24) is 4.90 Å². The van der Waals surface area contributed by atoms with Crippen LogP contribution in [0.15, 0.2) is 67.3 Å². The topological polar surface area (TPSA) is 69.6 Å². The number of amides is 2. The molecule has 1 unspecified atom stereocenters. The fourth-order valence-corrected chi connectivity index (χ4v) is 2.70. The molecule has 0 radical (unpaired) electrons. The molecule has 5 nitrogen and oxygen atoms in total. The molecule has 2 aromatic carbocycles. The summed E-state index contributed by atoms with van der Waals surface area (Å²) in [6, 6.07) is 16.4. The highest BCUT2D eigenvalue weighted by Gasteiger charge is 2.26. The molecule has 0 aliphatic rings. The number of nitrogens with one attached hydrogen (secondary N) is 1. The van der Waals surface area contributed by atoms with Crippen LogP contribution >= 0.6 is 0 Å². The highest BCUT2D eigenvalue weighted by Crippen LogP contribution is 2.21. The van der Waals surface area contributed by atoms with E-state index in [2.05, 4.69) is 11.9 Å². The second kappa shape index (κ2) is 8.45. The fourth-order valence-electron chi connectivity index (χ4n) is 2.70. The van der Waals surface area contributed by atoms with Gasteiger partial charge in [-0.15, -0.1) is 0 Å². The van der Waals surface area contributed by atoms with Crippen LogP contribution in [-0.4, -0.2) is 35.4 Å². The van der Waals surface area contributed by atoms with Crippen molar-refractivity contribution in [3.63, 3.8) is 0 Å². The first-order valence-electron chi connectivity index (χ1n) is 8.36. The minimum atomic E-state index is -1.13. The molecule has 26 heavy (non-hydrogen) atoms. The summed E-state index contributed by atoms with van der Waals surface area (Å²) in [5.74, 6) is -0.419. The van der Waals surface area contributed by atoms with Gasteiger partial charge in [-0.3, -0.25) is 9.59 Å². The lowest BCUT2D eigenvalue weighted by Crippen LogP contribution is -2.40. The zero-order valence-electron chi connectivity index (χ0n) is 15.1. The second-order valence-electron chi connectivity index (χ2n) is 6.46. The highest BCUT2D eigenvalue weighted by molar-refractivity contribution is 5.98. The highest BCUT2D eigenvalue weighted by atomic mass is 16.3. The smallest absolute Gasteiger partial charge is 0.247 e. The Bertz CT molecular complexity index is 785. The van der Waals surface area contributed by atoms with Gasteiger partial charge in [0.2, 0.25) is 11.8 Å². The summed E-state index contributed by atoms with van der Waals surface area (Å²) in [5.41, 5.74) is 1.02. The summed E-state index contributed by atoms with van der Waals surface area (Å²) in [7, 11) is 1.67. The van der Waals surface area contributed by atoms with Crippen LogP contribution in [0.5, 0.6) is 0 Å². The maximum absolute atomic E-state index is 12.5. The van der Waals surface area contributed by atoms with Crippen LogP contribution in [0.4, 0.5) is 5.69 Å². The van der Waals surface area contributed by atoms with Gasteiger partial charge in [0.1, 0.15) is 5.60 Å². The van der Waals surface area contributed by atoms with Gasteiger partial charge in [0.15, 0.2) is 0 Å². The standard InChI is InChI=1S/C21H24N2O3/c1-4-19(24)22-18-12-8-9-16(13-18)14-20(25)23(3)15-21(2,26)17-10-6-5-7-11-17/h4-13,26H,1,14-15H2,2-3H3,(H,22,24). The third-order valence-corrected chi connectivity index (χ3v) is 4.10. The zero-order chi connectivity index (χ0) is 19.2. The van der Waals surface area contributed by atoms with Crippen molar-refractivity contribution in [2.75, 3.05) is 18.9 Å². The van der Waals surface area contributed by atoms with Crippen molar-refractivity contribution in [3.05, 3.63) is 78.4 Å². The largest absolute Gasteiger partial charge is 0.384 e. The van der Waals surface area contributed by atoms with Gasteiger partial charge in [-0.1, -0.05) is 49.0 Å². The number of benzene rings is 2. The van der Waals surface area contributed by atoms with E-state index in [1.165, 1.54) is 11.0 Å². The van der Waals surface area contributed by atoms with E-state index in [0.717, 1.165) is 11.1 Å². The normalized spacial score (nSPS) is 12.7. The quantitative estimate of drug-likeness (QED) is 0.753. The summed E-state index contributed by atoms with van der Waals surface area (Å²) in [6.45, 7) is 5.29. The molecule has 0 saturated heterocycles. The molecule has 0 aliphatic carbocycles. The lowest BCUT2D eigenvalue weighted by molar-refractivity contribution is -0.132. The van der Waals surface area contributed by atoms with E-state index < -0.39 is 5.60 Å². The van der Waals surface area contributed by atoms with Crippen molar-refractivity contribution in [3.8, 4) is 0 Å². The number of aliphatic hydroxyl groups is 1. The third-order valence-electron chi connectivity index (χ3n) is 4.10. The van der Waals surface area contributed by atoms with Gasteiger partial charge < -0.3 is 15.3 Å². The predicted molar refractivity (Wildman–Crippen MR) is 103 cm³/mol. The Hall–Kier alpha value is -2.92. The Morgan fingerprint density at radius 1 is 1.19 bits per heavy atom. The molecule has 0 bridgehead atoms. The van der Waals surface area contributed by atoms with Crippen LogP contribution in [0.2, 0.25) is 0 Å². The number of anilines is 1. The molecule has 0 aromatic heterocycles. The zero-order valence-corrected chi connectivity index (χ0v) is 15.1. The number of rotatable bonds is 7. The van der Waals surface area contributed by atoms with Gasteiger partial charge in [0, 0.05) is 12.7 Å². The lowest BCUT2D eigenvalue weighted by Gasteiger charge is -2.29. The van der Waals surface area contributed by atoms with Crippen molar-refractivity contribution < 1.29 is 14.7 Å². The maximum atomic E-state index is 12.5. The third kappa shape index (κ3) is 5.29. The molecule has 5 heteroatoms. The molecule has 2 rings (SSSR count). The van der Waals surface area contributed by atoms with Gasteiger partial charge in [0.05, 0.1) is 13.0 Å². The van der Waals surface area contributed by atoms with Crippen molar-refractivity contribution in [1.29, 1.82) is 0 Å². The van der Waals surface area contributed by atoms with Gasteiger partial charge in [-0.05, 0) is 36.3 Å². The Morgan fingerprint density at radius 2 is 1.88 bits per heavy atom. The maximum Gasteiger partial charge on any atom is 0.247 e. The van der Waals surface area contributed by atoms with Crippen LogP contribution in [0.3, 0.4) is 0 Å². The first kappa shape index (κ1) is 19.4. The minimum absolute atomic E-state index is 0.117. The van der Waals surface area contributed by atoms with E-state index in [1.54, 1.807) is 32.2 Å². The van der Waals surface area contributed by atoms with Crippen molar-refractivity contribution in [2.45, 2.75) is 18.9 Å². The number of nitrogens with zero attached hydrogens (tertiary/aromatic N) is 1. The number of carbonyl (C=O) groups is 2. The lowest BCUT2D eigenvalue weighted by atomic mass is 9.95. The molecule has 0 heterocycles. The first-order valence-corrected chi connectivity index (χ1v) is 8.36. The molecule has 0 spiro atoms. The Kier molecular flexibility index (Phi) is 6.31. The number of hydrogen-bond acceptors (Lipinski definition) is 3. The summed E-state index contributed by atoms with van der Waals surface area (Å²) in [6.07, 6.45) is 1.37. The average molecular weight is 352 g/mol. The van der Waals surface area contributed by atoms with Gasteiger partial charge in [-0.2, -0.15) is 0 Å². The summed E-state index contributed by atoms with van der Waals surface area (Å²) in [5, 5.41) is 13.4. The minimum Gasteiger partial charge on any atom is -0.384 e. The van der Waals surface area contributed by atoms with Crippen LogP contribution in [-0.2, 0) is 21.6 Å². The molecule has 2 aromatic rings. The van der Waals surface area contributed by atoms with E-state index in [4.69, 9.17) is 0 Å². The van der Waals surface area contributed by atoms with E-state index in [-0.39, 0.29) is 24.8 Å². The van der Waals surface area contributed by atoms with Crippen molar-refractivity contribution in [2.24, 2.45) is 0 Å². The molecule has 2 N–H and O–H groups in total. The number of likely N-dealkylation sites (N-methyl/N-ethyl adjacent to an activating group) is 1. The van der Waals surface area contributed by atoms with E-state index in [0.29, 0.717) is 5.69 Å². The van der Waals surface area contributed by atoms with Crippen LogP contribution < -0.4 is 5.32 Å². The van der Waals surface area contributed by atoms with Crippen LogP contribution in [0.25, 0.3) is 0 Å². The van der Waals surface area contributed by atoms with Crippen LogP contribution in [0.1, 0.15) is 18.1 Å². The number of carbonyl (C=O) groups excluding carboxylic acids is 2. The van der Waals surface area contributed by atoms with Crippen LogP contribution in [0, 0.1) is 0 Å². The molecule has 2 amide bonds. The van der Waals surface area contributed by atoms with Gasteiger partial charge in [-0.25, -0.2) is 0 Å². The van der Waals surface area contributed by atoms with E-state index in [9.17, 15) is 14.7 Å². The predicted octanol–water partition coefficient (Wildman–Crippen LogP) is 2.72.